The van der Waals surface area contributed by atoms with Crippen LogP contribution in [0.5, 0.6) is 0 Å². The van der Waals surface area contributed by atoms with Gasteiger partial charge >= 0.3 is 0 Å². The molecule has 2 fully saturated rings. The van der Waals surface area contributed by atoms with Gasteiger partial charge in [0.25, 0.3) is 0 Å². The van der Waals surface area contributed by atoms with E-state index in [1.54, 1.807) is 0 Å². The highest BCUT2D eigenvalue weighted by atomic mass is 16.3. The molecule has 16 heavy (non-hydrogen) atoms. The molecule has 2 aliphatic rings. The third kappa shape index (κ3) is 2.40. The van der Waals surface area contributed by atoms with Gasteiger partial charge in [0.2, 0.25) is 0 Å². The maximum absolute atomic E-state index is 9.60. The van der Waals surface area contributed by atoms with Crippen molar-refractivity contribution in [1.29, 1.82) is 0 Å². The zero-order valence-corrected chi connectivity index (χ0v) is 10.0. The van der Waals surface area contributed by atoms with Crippen molar-refractivity contribution >= 4 is 0 Å². The Kier molecular flexibility index (Phi) is 3.85. The van der Waals surface area contributed by atoms with Gasteiger partial charge in [0, 0.05) is 19.1 Å². The summed E-state index contributed by atoms with van der Waals surface area (Å²) >= 11 is 0. The van der Waals surface area contributed by atoms with Crippen molar-refractivity contribution in [3.63, 3.8) is 0 Å². The standard InChI is InChI=1S/C12H24N2O2/c1-8-2-3-9(5-13)10(4-8)14-6-11(15)12(16)7-14/h8-12,15-16H,2-7,13H2,1H3. The van der Waals surface area contributed by atoms with Crippen LogP contribution in [0.15, 0.2) is 0 Å². The molecule has 4 nitrogen and oxygen atoms in total. The molecule has 1 heterocycles. The Balaban J connectivity index is 2.00. The first-order chi connectivity index (χ1) is 7.61. The number of aliphatic hydroxyl groups is 2. The van der Waals surface area contributed by atoms with Crippen LogP contribution in [-0.4, -0.2) is 53.0 Å². The van der Waals surface area contributed by atoms with E-state index in [4.69, 9.17) is 5.73 Å². The minimum atomic E-state index is -0.573. The smallest absolute Gasteiger partial charge is 0.0938 e. The molecule has 5 atom stereocenters. The number of nitrogens with two attached hydrogens (primary N) is 1. The molecule has 2 rings (SSSR count). The molecule has 0 aromatic carbocycles. The fourth-order valence-electron chi connectivity index (χ4n) is 3.20. The third-order valence-electron chi connectivity index (χ3n) is 4.28. The summed E-state index contributed by atoms with van der Waals surface area (Å²) < 4.78 is 0. The first-order valence-electron chi connectivity index (χ1n) is 6.42. The fraction of sp³-hybridized carbons (Fsp3) is 1.00. The quantitative estimate of drug-likeness (QED) is 0.611. The molecule has 0 radical (unpaired) electrons. The largest absolute Gasteiger partial charge is 0.389 e. The van der Waals surface area contributed by atoms with Crippen molar-refractivity contribution in [3.05, 3.63) is 0 Å². The molecule has 5 unspecified atom stereocenters. The van der Waals surface area contributed by atoms with Crippen LogP contribution in [0.1, 0.15) is 26.2 Å². The van der Waals surface area contributed by atoms with Gasteiger partial charge in [0.05, 0.1) is 12.2 Å². The van der Waals surface area contributed by atoms with Gasteiger partial charge in [0.15, 0.2) is 0 Å². The average Bonchev–Trinajstić information content (AvgIpc) is 2.59. The molecule has 1 aliphatic carbocycles. The topological polar surface area (TPSA) is 69.7 Å². The molecule has 0 aromatic heterocycles. The Morgan fingerprint density at radius 2 is 1.81 bits per heavy atom. The summed E-state index contributed by atoms with van der Waals surface area (Å²) in [6.07, 6.45) is 2.45. The molecule has 4 heteroatoms. The highest BCUT2D eigenvalue weighted by Gasteiger charge is 2.38. The van der Waals surface area contributed by atoms with E-state index in [0.717, 1.165) is 18.9 Å². The number of aliphatic hydroxyl groups excluding tert-OH is 2. The molecule has 0 spiro atoms. The Morgan fingerprint density at radius 3 is 2.38 bits per heavy atom. The van der Waals surface area contributed by atoms with Crippen molar-refractivity contribution in [3.8, 4) is 0 Å². The molecule has 1 saturated heterocycles. The Morgan fingerprint density at radius 1 is 1.19 bits per heavy atom. The van der Waals surface area contributed by atoms with Crippen LogP contribution in [0.2, 0.25) is 0 Å². The second kappa shape index (κ2) is 5.00. The molecule has 0 aromatic rings. The SMILES string of the molecule is CC1CCC(CN)C(N2CC(O)C(O)C2)C1. The van der Waals surface area contributed by atoms with Gasteiger partial charge in [-0.15, -0.1) is 0 Å². The summed E-state index contributed by atoms with van der Waals surface area (Å²) in [4.78, 5) is 2.24. The Bertz CT molecular complexity index is 227. The van der Waals surface area contributed by atoms with Crippen LogP contribution >= 0.6 is 0 Å². The van der Waals surface area contributed by atoms with E-state index in [1.807, 2.05) is 0 Å². The minimum Gasteiger partial charge on any atom is -0.389 e. The summed E-state index contributed by atoms with van der Waals surface area (Å²) in [5, 5.41) is 19.2. The molecule has 94 valence electrons. The number of hydrogen-bond acceptors (Lipinski definition) is 4. The van der Waals surface area contributed by atoms with E-state index in [9.17, 15) is 10.2 Å². The van der Waals surface area contributed by atoms with Crippen molar-refractivity contribution in [2.45, 2.75) is 44.4 Å². The van der Waals surface area contributed by atoms with E-state index < -0.39 is 12.2 Å². The van der Waals surface area contributed by atoms with Gasteiger partial charge in [-0.25, -0.2) is 0 Å². The van der Waals surface area contributed by atoms with Crippen LogP contribution in [-0.2, 0) is 0 Å². The molecule has 4 N–H and O–H groups in total. The van der Waals surface area contributed by atoms with Crippen LogP contribution in [0, 0.1) is 11.8 Å². The molecule has 1 aliphatic heterocycles. The van der Waals surface area contributed by atoms with E-state index >= 15 is 0 Å². The lowest BCUT2D eigenvalue weighted by atomic mass is 9.78. The van der Waals surface area contributed by atoms with E-state index in [1.165, 1.54) is 12.8 Å². The van der Waals surface area contributed by atoms with Crippen molar-refractivity contribution in [2.75, 3.05) is 19.6 Å². The predicted octanol–water partition coefficient (Wildman–Crippen LogP) is -0.213. The zero-order valence-electron chi connectivity index (χ0n) is 10.0. The lowest BCUT2D eigenvalue weighted by Crippen LogP contribution is -2.46. The van der Waals surface area contributed by atoms with E-state index in [0.29, 0.717) is 25.0 Å². The van der Waals surface area contributed by atoms with Crippen LogP contribution < -0.4 is 5.73 Å². The number of hydrogen-bond donors (Lipinski definition) is 3. The van der Waals surface area contributed by atoms with Crippen LogP contribution in [0.25, 0.3) is 0 Å². The lowest BCUT2D eigenvalue weighted by molar-refractivity contribution is 0.0572. The first-order valence-corrected chi connectivity index (χ1v) is 6.42. The molecule has 0 amide bonds. The van der Waals surface area contributed by atoms with Crippen molar-refractivity contribution in [1.82, 2.24) is 4.90 Å². The zero-order chi connectivity index (χ0) is 11.7. The predicted molar refractivity (Wildman–Crippen MR) is 62.9 cm³/mol. The van der Waals surface area contributed by atoms with Gasteiger partial charge < -0.3 is 15.9 Å². The van der Waals surface area contributed by atoms with Crippen LogP contribution in [0.3, 0.4) is 0 Å². The van der Waals surface area contributed by atoms with Gasteiger partial charge in [-0.2, -0.15) is 0 Å². The van der Waals surface area contributed by atoms with E-state index in [-0.39, 0.29) is 0 Å². The van der Waals surface area contributed by atoms with Gasteiger partial charge in [-0.05, 0) is 31.2 Å². The third-order valence-corrected chi connectivity index (χ3v) is 4.28. The summed E-state index contributed by atoms with van der Waals surface area (Å²) in [7, 11) is 0. The van der Waals surface area contributed by atoms with Crippen molar-refractivity contribution in [2.24, 2.45) is 17.6 Å². The van der Waals surface area contributed by atoms with E-state index in [2.05, 4.69) is 11.8 Å². The lowest BCUT2D eigenvalue weighted by Gasteiger charge is -2.40. The fourth-order valence-corrected chi connectivity index (χ4v) is 3.20. The second-order valence-electron chi connectivity index (χ2n) is 5.57. The Hall–Kier alpha value is -0.160. The van der Waals surface area contributed by atoms with Crippen LogP contribution in [0.4, 0.5) is 0 Å². The molecular formula is C12H24N2O2. The molecule has 0 bridgehead atoms. The monoisotopic (exact) mass is 228 g/mol. The summed E-state index contributed by atoms with van der Waals surface area (Å²) in [5.41, 5.74) is 5.82. The molecule has 1 saturated carbocycles. The summed E-state index contributed by atoms with van der Waals surface area (Å²) in [6, 6.07) is 0.459. The van der Waals surface area contributed by atoms with Gasteiger partial charge in [0.1, 0.15) is 0 Å². The number of nitrogens with zero attached hydrogens (tertiary/aromatic N) is 1. The average molecular weight is 228 g/mol. The highest BCUT2D eigenvalue weighted by molar-refractivity contribution is 4.93. The maximum atomic E-state index is 9.60. The van der Waals surface area contributed by atoms with Gasteiger partial charge in [-0.3, -0.25) is 4.90 Å². The summed E-state index contributed by atoms with van der Waals surface area (Å²) in [6.45, 7) is 4.22. The van der Waals surface area contributed by atoms with Crippen molar-refractivity contribution < 1.29 is 10.2 Å². The normalized spacial score (nSPS) is 46.1. The number of β-amino-alcohol motifs (C(OH)–C–C–N with tert-alkyl or cyclic N) is 2. The summed E-state index contributed by atoms with van der Waals surface area (Å²) in [5.74, 6) is 1.27. The Labute approximate surface area is 97.4 Å². The maximum Gasteiger partial charge on any atom is 0.0938 e. The first kappa shape index (κ1) is 12.3. The number of likely N-dealkylation sites (tertiary alicyclic amines) is 1. The second-order valence-corrected chi connectivity index (χ2v) is 5.57. The highest BCUT2D eigenvalue weighted by Crippen LogP contribution is 2.33. The molecular weight excluding hydrogens is 204 g/mol. The minimum absolute atomic E-state index is 0.459. The van der Waals surface area contributed by atoms with Gasteiger partial charge in [-0.1, -0.05) is 13.3 Å². The number of rotatable bonds is 2.